The molecule has 1 rings (SSSR count). The maximum atomic E-state index is 11.4. The van der Waals surface area contributed by atoms with Crippen LogP contribution >= 0.6 is 28.3 Å². The minimum atomic E-state index is 0. The number of nitrogens with two attached hydrogens (primary N) is 1. The third-order valence-electron chi connectivity index (χ3n) is 2.31. The molecule has 0 aliphatic rings. The molecule has 0 fully saturated rings. The Morgan fingerprint density at radius 2 is 2.22 bits per heavy atom. The molecule has 0 aliphatic carbocycles. The molecule has 3 N–H and O–H groups in total. The summed E-state index contributed by atoms with van der Waals surface area (Å²) in [5.74, 6) is 0.811. The molecule has 0 unspecified atom stereocenters. The summed E-state index contributed by atoms with van der Waals surface area (Å²) in [5.41, 5.74) is 6.36. The van der Waals surface area contributed by atoms with Gasteiger partial charge in [-0.3, -0.25) is 4.79 Å². The number of hydrogen-bond donors (Lipinski definition) is 2. The summed E-state index contributed by atoms with van der Waals surface area (Å²) in [6.45, 7) is 1.06. The van der Waals surface area contributed by atoms with E-state index >= 15 is 0 Å². The monoisotopic (exact) mass is 336 g/mol. The fourth-order valence-corrected chi connectivity index (χ4v) is 1.96. The number of ether oxygens (including phenoxy) is 1. The van der Waals surface area contributed by atoms with Crippen LogP contribution in [-0.2, 0) is 11.3 Å². The van der Waals surface area contributed by atoms with Crippen LogP contribution in [0.3, 0.4) is 0 Å². The smallest absolute Gasteiger partial charge is 0.220 e. The molecule has 0 bridgehead atoms. The summed E-state index contributed by atoms with van der Waals surface area (Å²) in [7, 11) is 1.62. The maximum absolute atomic E-state index is 11.4. The molecule has 0 aromatic heterocycles. The number of halogens is 2. The second kappa shape index (κ2) is 9.19. The van der Waals surface area contributed by atoms with Gasteiger partial charge in [0.2, 0.25) is 5.91 Å². The maximum Gasteiger partial charge on any atom is 0.220 e. The van der Waals surface area contributed by atoms with Crippen molar-refractivity contribution in [2.45, 2.75) is 19.4 Å². The number of benzene rings is 1. The molecule has 0 saturated carbocycles. The summed E-state index contributed by atoms with van der Waals surface area (Å²) in [5, 5.41) is 2.84. The molecule has 0 heterocycles. The lowest BCUT2D eigenvalue weighted by Gasteiger charge is -2.07. The Labute approximate surface area is 122 Å². The van der Waals surface area contributed by atoms with Crippen molar-refractivity contribution in [3.05, 3.63) is 28.2 Å². The predicted molar refractivity (Wildman–Crippen MR) is 78.1 cm³/mol. The average Bonchev–Trinajstić information content (AvgIpc) is 2.34. The van der Waals surface area contributed by atoms with Crippen LogP contribution in [-0.4, -0.2) is 19.6 Å². The number of carbonyl (C=O) groups excluding carboxylic acids is 1. The van der Waals surface area contributed by atoms with Crippen LogP contribution in [0, 0.1) is 0 Å². The van der Waals surface area contributed by atoms with Gasteiger partial charge in [-0.05, 0) is 46.6 Å². The van der Waals surface area contributed by atoms with Crippen LogP contribution in [0.15, 0.2) is 22.7 Å². The van der Waals surface area contributed by atoms with Gasteiger partial charge in [-0.25, -0.2) is 0 Å². The number of amides is 1. The van der Waals surface area contributed by atoms with E-state index in [2.05, 4.69) is 21.2 Å². The Morgan fingerprint density at radius 1 is 1.50 bits per heavy atom. The van der Waals surface area contributed by atoms with Gasteiger partial charge in [0.05, 0.1) is 11.6 Å². The van der Waals surface area contributed by atoms with E-state index in [0.717, 1.165) is 22.2 Å². The molecule has 1 amide bonds. The number of rotatable bonds is 6. The molecule has 0 radical (unpaired) electrons. The number of hydrogen-bond acceptors (Lipinski definition) is 3. The minimum Gasteiger partial charge on any atom is -0.496 e. The van der Waals surface area contributed by atoms with Gasteiger partial charge in [0, 0.05) is 13.0 Å². The molecule has 102 valence electrons. The first-order valence-electron chi connectivity index (χ1n) is 5.46. The fourth-order valence-electron chi connectivity index (χ4n) is 1.37. The van der Waals surface area contributed by atoms with Crippen molar-refractivity contribution >= 4 is 34.2 Å². The van der Waals surface area contributed by atoms with E-state index in [0.29, 0.717) is 19.5 Å². The highest BCUT2D eigenvalue weighted by atomic mass is 79.9. The normalized spacial score (nSPS) is 9.50. The highest BCUT2D eigenvalue weighted by molar-refractivity contribution is 9.10. The first kappa shape index (κ1) is 17.2. The molecular formula is C12H18BrClN2O2. The number of carbonyl (C=O) groups is 1. The number of methoxy groups -OCH3 is 1. The molecule has 0 spiro atoms. The van der Waals surface area contributed by atoms with E-state index in [1.807, 2.05) is 18.2 Å². The van der Waals surface area contributed by atoms with E-state index in [-0.39, 0.29) is 18.3 Å². The molecule has 0 aliphatic heterocycles. The molecular weight excluding hydrogens is 320 g/mol. The van der Waals surface area contributed by atoms with Crippen LogP contribution in [0.25, 0.3) is 0 Å². The Bertz CT molecular complexity index is 388. The number of nitrogens with one attached hydrogen (secondary N) is 1. The molecule has 18 heavy (non-hydrogen) atoms. The van der Waals surface area contributed by atoms with Gasteiger partial charge in [0.1, 0.15) is 5.75 Å². The standard InChI is InChI=1S/C12H17BrN2O2.ClH/c1-17-11-5-4-9(7-10(11)13)8-15-12(16)3-2-6-14;/h4-5,7H,2-3,6,8,14H2,1H3,(H,15,16);1H. The Balaban J connectivity index is 0.00000289. The second-order valence-corrected chi connectivity index (χ2v) is 4.49. The SMILES string of the molecule is COc1ccc(CNC(=O)CCCN)cc1Br.Cl. The lowest BCUT2D eigenvalue weighted by Crippen LogP contribution is -2.23. The summed E-state index contributed by atoms with van der Waals surface area (Å²) < 4.78 is 6.01. The lowest BCUT2D eigenvalue weighted by atomic mass is 10.2. The Kier molecular flexibility index (Phi) is 8.79. The van der Waals surface area contributed by atoms with Crippen LogP contribution in [0.1, 0.15) is 18.4 Å². The van der Waals surface area contributed by atoms with Crippen molar-refractivity contribution in [2.75, 3.05) is 13.7 Å². The van der Waals surface area contributed by atoms with Crippen molar-refractivity contribution in [1.82, 2.24) is 5.32 Å². The summed E-state index contributed by atoms with van der Waals surface area (Å²) in [4.78, 5) is 11.4. The zero-order chi connectivity index (χ0) is 12.7. The van der Waals surface area contributed by atoms with E-state index in [1.54, 1.807) is 7.11 Å². The molecule has 4 nitrogen and oxygen atoms in total. The molecule has 1 aromatic carbocycles. The summed E-state index contributed by atoms with van der Waals surface area (Å²) in [6.07, 6.45) is 1.20. The Morgan fingerprint density at radius 3 is 2.78 bits per heavy atom. The van der Waals surface area contributed by atoms with E-state index in [9.17, 15) is 4.79 Å². The van der Waals surface area contributed by atoms with Gasteiger partial charge in [-0.2, -0.15) is 0 Å². The van der Waals surface area contributed by atoms with Crippen molar-refractivity contribution in [3.8, 4) is 5.75 Å². The molecule has 0 saturated heterocycles. The molecule has 0 atom stereocenters. The predicted octanol–water partition coefficient (Wildman–Crippen LogP) is 2.23. The zero-order valence-electron chi connectivity index (χ0n) is 10.2. The van der Waals surface area contributed by atoms with Crippen LogP contribution in [0.4, 0.5) is 0 Å². The van der Waals surface area contributed by atoms with Gasteiger partial charge in [-0.15, -0.1) is 12.4 Å². The van der Waals surface area contributed by atoms with Crippen LogP contribution < -0.4 is 15.8 Å². The van der Waals surface area contributed by atoms with Crippen LogP contribution in [0.2, 0.25) is 0 Å². The zero-order valence-corrected chi connectivity index (χ0v) is 12.6. The highest BCUT2D eigenvalue weighted by Crippen LogP contribution is 2.25. The molecule has 1 aromatic rings. The van der Waals surface area contributed by atoms with Crippen molar-refractivity contribution in [1.29, 1.82) is 0 Å². The lowest BCUT2D eigenvalue weighted by molar-refractivity contribution is -0.121. The van der Waals surface area contributed by atoms with E-state index < -0.39 is 0 Å². The van der Waals surface area contributed by atoms with Crippen molar-refractivity contribution < 1.29 is 9.53 Å². The van der Waals surface area contributed by atoms with Gasteiger partial charge in [-0.1, -0.05) is 6.07 Å². The first-order chi connectivity index (χ1) is 8.17. The molecule has 6 heteroatoms. The second-order valence-electron chi connectivity index (χ2n) is 3.64. The van der Waals surface area contributed by atoms with E-state index in [1.165, 1.54) is 0 Å². The quantitative estimate of drug-likeness (QED) is 0.836. The Hall–Kier alpha value is -0.780. The summed E-state index contributed by atoms with van der Waals surface area (Å²) in [6, 6.07) is 5.72. The van der Waals surface area contributed by atoms with Gasteiger partial charge >= 0.3 is 0 Å². The highest BCUT2D eigenvalue weighted by Gasteiger charge is 2.03. The topological polar surface area (TPSA) is 64.3 Å². The largest absolute Gasteiger partial charge is 0.496 e. The van der Waals surface area contributed by atoms with Gasteiger partial charge < -0.3 is 15.8 Å². The van der Waals surface area contributed by atoms with Crippen LogP contribution in [0.5, 0.6) is 5.75 Å². The van der Waals surface area contributed by atoms with Gasteiger partial charge in [0.15, 0.2) is 0 Å². The van der Waals surface area contributed by atoms with E-state index in [4.69, 9.17) is 10.5 Å². The average molecular weight is 338 g/mol. The minimum absolute atomic E-state index is 0. The van der Waals surface area contributed by atoms with Gasteiger partial charge in [0.25, 0.3) is 0 Å². The summed E-state index contributed by atoms with van der Waals surface area (Å²) >= 11 is 3.40. The van der Waals surface area contributed by atoms with Crippen molar-refractivity contribution in [3.63, 3.8) is 0 Å². The fraction of sp³-hybridized carbons (Fsp3) is 0.417. The van der Waals surface area contributed by atoms with Crippen molar-refractivity contribution in [2.24, 2.45) is 5.73 Å². The first-order valence-corrected chi connectivity index (χ1v) is 6.26. The third kappa shape index (κ3) is 5.71. The third-order valence-corrected chi connectivity index (χ3v) is 2.93.